The summed E-state index contributed by atoms with van der Waals surface area (Å²) in [5, 5.41) is 4.04. The maximum Gasteiger partial charge on any atom is 0.534 e. The van der Waals surface area contributed by atoms with Crippen molar-refractivity contribution in [2.75, 3.05) is 18.1 Å². The Morgan fingerprint density at radius 2 is 2.06 bits per heavy atom. The number of hydrogen-bond acceptors (Lipinski definition) is 9. The number of ether oxygens (including phenoxy) is 1. The van der Waals surface area contributed by atoms with Crippen molar-refractivity contribution >= 4 is 27.6 Å². The van der Waals surface area contributed by atoms with Crippen molar-refractivity contribution in [3.63, 3.8) is 0 Å². The molecule has 15 heteroatoms. The van der Waals surface area contributed by atoms with E-state index in [1.165, 1.54) is 16.9 Å². The lowest BCUT2D eigenvalue weighted by Crippen LogP contribution is -2.30. The van der Waals surface area contributed by atoms with Crippen LogP contribution in [0.3, 0.4) is 0 Å². The Morgan fingerprint density at radius 1 is 1.29 bits per heavy atom. The lowest BCUT2D eigenvalue weighted by atomic mass is 10.1. The molecular formula is C19H17F4N5O5S. The maximum atomic E-state index is 14.0. The van der Waals surface area contributed by atoms with Crippen LogP contribution in [-0.2, 0) is 14.9 Å². The first kappa shape index (κ1) is 23.7. The SMILES string of the molecule is CCOC(=O)c1cnn2ccc(N3CCC[C@@H]3c3cc(F)cnc3OS(=O)(=O)C(F)(F)F)nc12. The van der Waals surface area contributed by atoms with Crippen LogP contribution in [0.4, 0.5) is 23.4 Å². The lowest BCUT2D eigenvalue weighted by molar-refractivity contribution is -0.0501. The summed E-state index contributed by atoms with van der Waals surface area (Å²) in [4.78, 5) is 21.7. The van der Waals surface area contributed by atoms with E-state index in [-0.39, 0.29) is 23.4 Å². The Labute approximate surface area is 190 Å². The van der Waals surface area contributed by atoms with Gasteiger partial charge in [-0.2, -0.15) is 26.7 Å². The number of hydrogen-bond donors (Lipinski definition) is 0. The Balaban J connectivity index is 1.74. The van der Waals surface area contributed by atoms with Gasteiger partial charge < -0.3 is 13.8 Å². The number of esters is 1. The normalized spacial score (nSPS) is 16.7. The first-order valence-corrected chi connectivity index (χ1v) is 11.4. The molecule has 4 heterocycles. The van der Waals surface area contributed by atoms with Gasteiger partial charge in [-0.05, 0) is 31.9 Å². The van der Waals surface area contributed by atoms with Gasteiger partial charge in [0.1, 0.15) is 17.2 Å². The van der Waals surface area contributed by atoms with Crippen molar-refractivity contribution in [2.45, 2.75) is 31.3 Å². The number of rotatable bonds is 6. The topological polar surface area (TPSA) is 116 Å². The first-order valence-electron chi connectivity index (χ1n) is 9.96. The van der Waals surface area contributed by atoms with E-state index in [4.69, 9.17) is 4.74 Å². The van der Waals surface area contributed by atoms with Crippen molar-refractivity contribution < 1.29 is 39.7 Å². The zero-order valence-electron chi connectivity index (χ0n) is 17.5. The Morgan fingerprint density at radius 3 is 2.76 bits per heavy atom. The van der Waals surface area contributed by atoms with E-state index in [0.29, 0.717) is 31.4 Å². The Kier molecular flexibility index (Phi) is 6.05. The number of pyridine rings is 1. The van der Waals surface area contributed by atoms with Gasteiger partial charge in [0.2, 0.25) is 5.88 Å². The van der Waals surface area contributed by atoms with Crippen molar-refractivity contribution in [3.05, 3.63) is 47.7 Å². The second-order valence-corrected chi connectivity index (χ2v) is 8.75. The summed E-state index contributed by atoms with van der Waals surface area (Å²) in [6.45, 7) is 2.14. The van der Waals surface area contributed by atoms with E-state index < -0.39 is 39.3 Å². The predicted molar refractivity (Wildman–Crippen MR) is 108 cm³/mol. The molecule has 182 valence electrons. The number of alkyl halides is 3. The third-order valence-corrected chi connectivity index (χ3v) is 6.02. The molecule has 1 aliphatic heterocycles. The molecule has 0 bridgehead atoms. The molecule has 0 N–H and O–H groups in total. The van der Waals surface area contributed by atoms with E-state index in [2.05, 4.69) is 19.2 Å². The number of carbonyl (C=O) groups excluding carboxylic acids is 1. The highest BCUT2D eigenvalue weighted by Gasteiger charge is 2.49. The molecule has 1 saturated heterocycles. The molecule has 0 amide bonds. The van der Waals surface area contributed by atoms with E-state index in [1.807, 2.05) is 0 Å². The quantitative estimate of drug-likeness (QED) is 0.217. The van der Waals surface area contributed by atoms with Gasteiger partial charge >= 0.3 is 21.6 Å². The maximum absolute atomic E-state index is 14.0. The number of nitrogens with zero attached hydrogens (tertiary/aromatic N) is 5. The van der Waals surface area contributed by atoms with E-state index in [1.54, 1.807) is 17.9 Å². The van der Waals surface area contributed by atoms with E-state index in [0.717, 1.165) is 6.07 Å². The smallest absolute Gasteiger partial charge is 0.462 e. The summed E-state index contributed by atoms with van der Waals surface area (Å²) in [5.74, 6) is -2.10. The molecular weight excluding hydrogens is 486 g/mol. The number of carbonyl (C=O) groups is 1. The number of anilines is 1. The summed E-state index contributed by atoms with van der Waals surface area (Å²) < 4.78 is 86.2. The highest BCUT2D eigenvalue weighted by molar-refractivity contribution is 7.87. The number of halogens is 4. The van der Waals surface area contributed by atoms with Gasteiger partial charge in [0.25, 0.3) is 0 Å². The second-order valence-electron chi connectivity index (χ2n) is 7.22. The van der Waals surface area contributed by atoms with Crippen molar-refractivity contribution in [1.29, 1.82) is 0 Å². The van der Waals surface area contributed by atoms with Crippen LogP contribution >= 0.6 is 0 Å². The molecule has 4 rings (SSSR count). The molecule has 1 fully saturated rings. The summed E-state index contributed by atoms with van der Waals surface area (Å²) >= 11 is 0. The summed E-state index contributed by atoms with van der Waals surface area (Å²) in [6.07, 6.45) is 4.22. The van der Waals surface area contributed by atoms with Gasteiger partial charge in [-0.3, -0.25) is 0 Å². The minimum absolute atomic E-state index is 0.104. The molecule has 34 heavy (non-hydrogen) atoms. The molecule has 0 unspecified atom stereocenters. The molecule has 0 radical (unpaired) electrons. The molecule has 1 aliphatic rings. The van der Waals surface area contributed by atoms with Gasteiger partial charge in [-0.1, -0.05) is 0 Å². The van der Waals surface area contributed by atoms with Crippen LogP contribution in [0.5, 0.6) is 5.88 Å². The van der Waals surface area contributed by atoms with Crippen LogP contribution in [0, 0.1) is 5.82 Å². The zero-order valence-corrected chi connectivity index (χ0v) is 18.3. The number of aromatic nitrogens is 4. The zero-order chi connectivity index (χ0) is 24.7. The standard InChI is InChI=1S/C19H17F4N5O5S/c1-2-32-18(29)13-10-25-28-7-5-15(26-16(13)28)27-6-3-4-14(27)12-8-11(20)9-24-17(12)33-34(30,31)19(21,22)23/h5,7-10,14H,2-4,6H2,1H3/t14-/m1/s1. The summed E-state index contributed by atoms with van der Waals surface area (Å²) in [5.41, 5.74) is -5.60. The largest absolute Gasteiger partial charge is 0.534 e. The first-order chi connectivity index (χ1) is 16.0. The van der Waals surface area contributed by atoms with Crippen LogP contribution in [0.1, 0.15) is 41.7 Å². The Hall–Kier alpha value is -3.49. The van der Waals surface area contributed by atoms with E-state index in [9.17, 15) is 30.8 Å². The van der Waals surface area contributed by atoms with Gasteiger partial charge in [0, 0.05) is 18.3 Å². The highest BCUT2D eigenvalue weighted by atomic mass is 32.2. The predicted octanol–water partition coefficient (Wildman–Crippen LogP) is 3.01. The van der Waals surface area contributed by atoms with Gasteiger partial charge in [-0.25, -0.2) is 23.7 Å². The number of fused-ring (bicyclic) bond motifs is 1. The summed E-state index contributed by atoms with van der Waals surface area (Å²) in [7, 11) is -6.02. The average Bonchev–Trinajstić information content (AvgIpc) is 3.41. The fourth-order valence-electron chi connectivity index (χ4n) is 3.64. The van der Waals surface area contributed by atoms with Crippen LogP contribution < -0.4 is 9.08 Å². The molecule has 0 spiro atoms. The van der Waals surface area contributed by atoms with Crippen LogP contribution in [0.2, 0.25) is 0 Å². The van der Waals surface area contributed by atoms with Crippen LogP contribution in [0.15, 0.2) is 30.7 Å². The van der Waals surface area contributed by atoms with E-state index >= 15 is 0 Å². The van der Waals surface area contributed by atoms with Crippen LogP contribution in [-0.4, -0.2) is 52.6 Å². The minimum atomic E-state index is -6.02. The van der Waals surface area contributed by atoms with Gasteiger partial charge in [0.15, 0.2) is 5.65 Å². The molecule has 0 aromatic carbocycles. The molecule has 0 aliphatic carbocycles. The average molecular weight is 503 g/mol. The van der Waals surface area contributed by atoms with Crippen molar-refractivity contribution in [3.8, 4) is 5.88 Å². The van der Waals surface area contributed by atoms with Crippen molar-refractivity contribution in [1.82, 2.24) is 19.6 Å². The summed E-state index contributed by atoms with van der Waals surface area (Å²) in [6, 6.07) is 1.62. The fraction of sp³-hybridized carbons (Fsp3) is 0.368. The van der Waals surface area contributed by atoms with Crippen molar-refractivity contribution in [2.24, 2.45) is 0 Å². The highest BCUT2D eigenvalue weighted by Crippen LogP contribution is 2.40. The molecule has 3 aromatic heterocycles. The fourth-order valence-corrected chi connectivity index (χ4v) is 4.08. The van der Waals surface area contributed by atoms with Crippen LogP contribution in [0.25, 0.3) is 5.65 Å². The molecule has 0 saturated carbocycles. The Bertz CT molecular complexity index is 1340. The van der Waals surface area contributed by atoms with Gasteiger partial charge in [0.05, 0.1) is 25.0 Å². The lowest BCUT2D eigenvalue weighted by Gasteiger charge is -2.27. The monoisotopic (exact) mass is 503 g/mol. The minimum Gasteiger partial charge on any atom is -0.462 e. The van der Waals surface area contributed by atoms with Gasteiger partial charge in [-0.15, -0.1) is 0 Å². The molecule has 3 aromatic rings. The second kappa shape index (κ2) is 8.70. The third kappa shape index (κ3) is 4.34. The molecule has 1 atom stereocenters. The third-order valence-electron chi connectivity index (χ3n) is 5.07. The molecule has 10 nitrogen and oxygen atoms in total.